The first-order valence-electron chi connectivity index (χ1n) is 8.74. The molecule has 1 amide bonds. The van der Waals surface area contributed by atoms with E-state index in [1.807, 2.05) is 23.1 Å². The van der Waals surface area contributed by atoms with Gasteiger partial charge in [-0.05, 0) is 28.7 Å². The number of amides is 1. The summed E-state index contributed by atoms with van der Waals surface area (Å²) >= 11 is 0. The van der Waals surface area contributed by atoms with Crippen LogP contribution < -0.4 is 0 Å². The lowest BCUT2D eigenvalue weighted by molar-refractivity contribution is 0.0137. The summed E-state index contributed by atoms with van der Waals surface area (Å²) in [7, 11) is 0. The standard InChI is InChI=1S/C19H28N2O3/c1-19(2,3)17(22)11-20-6-8-21(9-7-20)18(23)14-4-5-15-12-24-13-16(15)10-14/h4-5,10,17,22H,6-9,11-13H2,1-3H3/t17-/m0/s1. The van der Waals surface area contributed by atoms with E-state index >= 15 is 0 Å². The fourth-order valence-corrected chi connectivity index (χ4v) is 3.14. The van der Waals surface area contributed by atoms with Gasteiger partial charge in [-0.1, -0.05) is 26.8 Å². The number of carbonyl (C=O) groups excluding carboxylic acids is 1. The molecule has 1 aromatic carbocycles. The zero-order chi connectivity index (χ0) is 17.3. The lowest BCUT2D eigenvalue weighted by Crippen LogP contribution is -2.51. The normalized spacial score (nSPS) is 20.1. The van der Waals surface area contributed by atoms with Crippen molar-refractivity contribution in [3.05, 3.63) is 34.9 Å². The first-order chi connectivity index (χ1) is 11.3. The van der Waals surface area contributed by atoms with Gasteiger partial charge in [0.15, 0.2) is 0 Å². The minimum atomic E-state index is -0.350. The van der Waals surface area contributed by atoms with Gasteiger partial charge in [-0.3, -0.25) is 9.69 Å². The predicted molar refractivity (Wildman–Crippen MR) is 92.7 cm³/mol. The van der Waals surface area contributed by atoms with E-state index in [1.54, 1.807) is 0 Å². The molecule has 2 aliphatic heterocycles. The number of aliphatic hydroxyl groups excluding tert-OH is 1. The zero-order valence-corrected chi connectivity index (χ0v) is 14.9. The number of aliphatic hydroxyl groups is 1. The quantitative estimate of drug-likeness (QED) is 0.918. The van der Waals surface area contributed by atoms with E-state index in [2.05, 4.69) is 25.7 Å². The van der Waals surface area contributed by atoms with Crippen LogP contribution in [0.15, 0.2) is 18.2 Å². The van der Waals surface area contributed by atoms with Crippen molar-refractivity contribution in [2.75, 3.05) is 32.7 Å². The Balaban J connectivity index is 1.56. The van der Waals surface area contributed by atoms with E-state index in [1.165, 1.54) is 5.56 Å². The minimum Gasteiger partial charge on any atom is -0.391 e. The van der Waals surface area contributed by atoms with E-state index in [4.69, 9.17) is 4.74 Å². The summed E-state index contributed by atoms with van der Waals surface area (Å²) in [6, 6.07) is 5.89. The number of fused-ring (bicyclic) bond motifs is 1. The molecule has 0 spiro atoms. The van der Waals surface area contributed by atoms with Crippen LogP contribution in [0, 0.1) is 5.41 Å². The summed E-state index contributed by atoms with van der Waals surface area (Å²) in [4.78, 5) is 16.9. The summed E-state index contributed by atoms with van der Waals surface area (Å²) in [5.41, 5.74) is 2.96. The highest BCUT2D eigenvalue weighted by Crippen LogP contribution is 2.23. The van der Waals surface area contributed by atoms with Gasteiger partial charge in [0.2, 0.25) is 0 Å². The van der Waals surface area contributed by atoms with Gasteiger partial charge in [0.1, 0.15) is 0 Å². The van der Waals surface area contributed by atoms with Gasteiger partial charge >= 0.3 is 0 Å². The van der Waals surface area contributed by atoms with Crippen LogP contribution in [-0.2, 0) is 18.0 Å². The number of hydrogen-bond acceptors (Lipinski definition) is 4. The number of ether oxygens (including phenoxy) is 1. The van der Waals surface area contributed by atoms with E-state index < -0.39 is 0 Å². The predicted octanol–water partition coefficient (Wildman–Crippen LogP) is 1.88. The molecule has 1 atom stereocenters. The van der Waals surface area contributed by atoms with Crippen LogP contribution in [0.1, 0.15) is 42.3 Å². The first-order valence-corrected chi connectivity index (χ1v) is 8.74. The van der Waals surface area contributed by atoms with Gasteiger partial charge in [-0.15, -0.1) is 0 Å². The second-order valence-electron chi connectivity index (χ2n) is 7.95. The Kier molecular flexibility index (Phi) is 4.95. The van der Waals surface area contributed by atoms with E-state index in [0.29, 0.717) is 32.8 Å². The average molecular weight is 332 g/mol. The Hall–Kier alpha value is -1.43. The Morgan fingerprint density at radius 1 is 1.17 bits per heavy atom. The molecule has 1 N–H and O–H groups in total. The summed E-state index contributed by atoms with van der Waals surface area (Å²) in [5.74, 6) is 0.0979. The maximum Gasteiger partial charge on any atom is 0.253 e. The zero-order valence-electron chi connectivity index (χ0n) is 14.9. The van der Waals surface area contributed by atoms with Crippen molar-refractivity contribution in [1.29, 1.82) is 0 Å². The molecule has 1 saturated heterocycles. The molecule has 0 saturated carbocycles. The van der Waals surface area contributed by atoms with Gasteiger partial charge in [0, 0.05) is 38.3 Å². The van der Waals surface area contributed by atoms with Crippen molar-refractivity contribution >= 4 is 5.91 Å². The van der Waals surface area contributed by atoms with Gasteiger partial charge in [0.25, 0.3) is 5.91 Å². The molecular weight excluding hydrogens is 304 g/mol. The third kappa shape index (κ3) is 3.79. The lowest BCUT2D eigenvalue weighted by atomic mass is 9.89. The largest absolute Gasteiger partial charge is 0.391 e. The Morgan fingerprint density at radius 3 is 2.50 bits per heavy atom. The molecule has 0 radical (unpaired) electrons. The number of rotatable bonds is 3. The average Bonchev–Trinajstić information content (AvgIpc) is 3.01. The molecule has 5 nitrogen and oxygen atoms in total. The van der Waals surface area contributed by atoms with Crippen molar-refractivity contribution in [3.8, 4) is 0 Å². The van der Waals surface area contributed by atoms with Crippen LogP contribution in [0.2, 0.25) is 0 Å². The number of carbonyl (C=O) groups is 1. The van der Waals surface area contributed by atoms with Crippen LogP contribution in [0.5, 0.6) is 0 Å². The molecule has 5 heteroatoms. The molecule has 0 unspecified atom stereocenters. The molecule has 0 aliphatic carbocycles. The minimum absolute atomic E-state index is 0.0979. The molecule has 0 aromatic heterocycles. The highest BCUT2D eigenvalue weighted by atomic mass is 16.5. The maximum atomic E-state index is 12.7. The monoisotopic (exact) mass is 332 g/mol. The Labute approximate surface area is 144 Å². The highest BCUT2D eigenvalue weighted by molar-refractivity contribution is 5.94. The first kappa shape index (κ1) is 17.4. The van der Waals surface area contributed by atoms with Crippen molar-refractivity contribution in [2.45, 2.75) is 40.1 Å². The van der Waals surface area contributed by atoms with Crippen molar-refractivity contribution in [2.24, 2.45) is 5.41 Å². The van der Waals surface area contributed by atoms with Crippen molar-refractivity contribution < 1.29 is 14.6 Å². The molecule has 2 heterocycles. The third-order valence-corrected chi connectivity index (χ3v) is 5.06. The smallest absolute Gasteiger partial charge is 0.253 e. The molecule has 0 bridgehead atoms. The third-order valence-electron chi connectivity index (χ3n) is 5.06. The molecular formula is C19H28N2O3. The van der Waals surface area contributed by atoms with Crippen LogP contribution in [0.25, 0.3) is 0 Å². The number of benzene rings is 1. The molecule has 132 valence electrons. The lowest BCUT2D eigenvalue weighted by Gasteiger charge is -2.38. The summed E-state index contributed by atoms with van der Waals surface area (Å²) in [6.07, 6.45) is -0.350. The van der Waals surface area contributed by atoms with E-state index in [9.17, 15) is 9.90 Å². The molecule has 24 heavy (non-hydrogen) atoms. The second-order valence-corrected chi connectivity index (χ2v) is 7.95. The number of nitrogens with zero attached hydrogens (tertiary/aromatic N) is 2. The number of hydrogen-bond donors (Lipinski definition) is 1. The van der Waals surface area contributed by atoms with Gasteiger partial charge in [0.05, 0.1) is 19.3 Å². The molecule has 1 aromatic rings. The van der Waals surface area contributed by atoms with E-state index in [-0.39, 0.29) is 17.4 Å². The maximum absolute atomic E-state index is 12.7. The van der Waals surface area contributed by atoms with Crippen LogP contribution in [0.4, 0.5) is 0 Å². The summed E-state index contributed by atoms with van der Waals surface area (Å²) in [6.45, 7) is 11.1. The van der Waals surface area contributed by atoms with Gasteiger partial charge in [-0.25, -0.2) is 0 Å². The highest BCUT2D eigenvalue weighted by Gasteiger charge is 2.28. The number of β-amino-alcohol motifs (C(OH)–C–C–N with tert-alkyl or cyclic N) is 1. The second kappa shape index (κ2) is 6.82. The van der Waals surface area contributed by atoms with Gasteiger partial charge < -0.3 is 14.7 Å². The Morgan fingerprint density at radius 2 is 1.83 bits per heavy atom. The van der Waals surface area contributed by atoms with Crippen LogP contribution in [0.3, 0.4) is 0 Å². The van der Waals surface area contributed by atoms with Crippen LogP contribution in [-0.4, -0.2) is 59.6 Å². The van der Waals surface area contributed by atoms with Crippen LogP contribution >= 0.6 is 0 Å². The topological polar surface area (TPSA) is 53.0 Å². The summed E-state index contributed by atoms with van der Waals surface area (Å²) in [5, 5.41) is 10.2. The SMILES string of the molecule is CC(C)(C)[C@@H](O)CN1CCN(C(=O)c2ccc3c(c2)COC3)CC1. The molecule has 2 aliphatic rings. The fourth-order valence-electron chi connectivity index (χ4n) is 3.14. The van der Waals surface area contributed by atoms with Gasteiger partial charge in [-0.2, -0.15) is 0 Å². The van der Waals surface area contributed by atoms with Crippen molar-refractivity contribution in [3.63, 3.8) is 0 Å². The molecule has 1 fully saturated rings. The summed E-state index contributed by atoms with van der Waals surface area (Å²) < 4.78 is 5.42. The fraction of sp³-hybridized carbons (Fsp3) is 0.632. The Bertz CT molecular complexity index is 601. The molecule has 3 rings (SSSR count). The van der Waals surface area contributed by atoms with Crippen molar-refractivity contribution in [1.82, 2.24) is 9.80 Å². The number of piperazine rings is 1. The van der Waals surface area contributed by atoms with E-state index in [0.717, 1.165) is 24.2 Å².